The molecule has 0 aliphatic heterocycles. The second-order valence-corrected chi connectivity index (χ2v) is 5.23. The molecule has 1 aromatic carbocycles. The highest BCUT2D eigenvalue weighted by Gasteiger charge is 2.25. The van der Waals surface area contributed by atoms with Gasteiger partial charge in [-0.3, -0.25) is 4.79 Å². The van der Waals surface area contributed by atoms with Crippen molar-refractivity contribution >= 4 is 16.0 Å². The number of esters is 1. The molecule has 0 aliphatic carbocycles. The molecule has 0 fully saturated rings. The van der Waals surface area contributed by atoms with Gasteiger partial charge in [0.2, 0.25) is 10.0 Å². The monoisotopic (exact) mass is 284 g/mol. The number of nitrogens with one attached hydrogen (secondary N) is 1. The van der Waals surface area contributed by atoms with E-state index in [1.54, 1.807) is 0 Å². The van der Waals surface area contributed by atoms with Crippen LogP contribution in [0.25, 0.3) is 0 Å². The van der Waals surface area contributed by atoms with Crippen molar-refractivity contribution in [2.75, 3.05) is 13.7 Å². The quantitative estimate of drug-likeness (QED) is 0.695. The third kappa shape index (κ3) is 3.75. The van der Waals surface area contributed by atoms with Gasteiger partial charge in [-0.2, -0.15) is 9.98 Å². The molecule has 0 spiro atoms. The summed E-state index contributed by atoms with van der Waals surface area (Å²) in [7, 11) is -2.94. The lowest BCUT2D eigenvalue weighted by Gasteiger charge is -2.14. The minimum Gasteiger partial charge on any atom is -0.468 e. The number of hydrogen-bond acceptors (Lipinski definition) is 6. The Balaban J connectivity index is 3.04. The smallest absolute Gasteiger partial charge is 0.326 e. The Morgan fingerprint density at radius 3 is 2.79 bits per heavy atom. The van der Waals surface area contributed by atoms with Crippen molar-refractivity contribution in [1.82, 2.24) is 4.72 Å². The van der Waals surface area contributed by atoms with Crippen molar-refractivity contribution in [3.63, 3.8) is 0 Å². The van der Waals surface area contributed by atoms with Gasteiger partial charge in [-0.15, -0.1) is 0 Å². The lowest BCUT2D eigenvalue weighted by Crippen LogP contribution is -2.43. The van der Waals surface area contributed by atoms with Crippen LogP contribution in [-0.2, 0) is 19.6 Å². The number of aliphatic hydroxyl groups is 1. The van der Waals surface area contributed by atoms with Gasteiger partial charge < -0.3 is 9.84 Å². The second kappa shape index (κ2) is 6.29. The van der Waals surface area contributed by atoms with Gasteiger partial charge in [0.15, 0.2) is 0 Å². The Kier molecular flexibility index (Phi) is 5.00. The number of benzene rings is 1. The first-order valence-corrected chi connectivity index (χ1v) is 6.64. The average Bonchev–Trinajstić information content (AvgIpc) is 2.44. The SMILES string of the molecule is COC(=O)C(CO)NS(=O)(=O)c1cccc(C#N)c1. The summed E-state index contributed by atoms with van der Waals surface area (Å²) in [6.07, 6.45) is 0. The number of nitriles is 1. The van der Waals surface area contributed by atoms with Crippen LogP contribution in [0.5, 0.6) is 0 Å². The van der Waals surface area contributed by atoms with Crippen molar-refractivity contribution in [2.24, 2.45) is 0 Å². The summed E-state index contributed by atoms with van der Waals surface area (Å²) in [6.45, 7) is -0.732. The molecule has 0 saturated heterocycles. The van der Waals surface area contributed by atoms with E-state index in [9.17, 15) is 13.2 Å². The van der Waals surface area contributed by atoms with Crippen molar-refractivity contribution < 1.29 is 23.1 Å². The number of methoxy groups -OCH3 is 1. The van der Waals surface area contributed by atoms with Gasteiger partial charge in [-0.05, 0) is 18.2 Å². The molecule has 102 valence electrons. The molecule has 1 atom stereocenters. The molecule has 0 heterocycles. The molecule has 0 aromatic heterocycles. The highest BCUT2D eigenvalue weighted by molar-refractivity contribution is 7.89. The first kappa shape index (κ1) is 15.1. The molecule has 0 bridgehead atoms. The lowest BCUT2D eigenvalue weighted by atomic mass is 10.2. The maximum Gasteiger partial charge on any atom is 0.326 e. The highest BCUT2D eigenvalue weighted by atomic mass is 32.2. The summed E-state index contributed by atoms with van der Waals surface area (Å²) in [5.74, 6) is -0.900. The van der Waals surface area contributed by atoms with E-state index in [-0.39, 0.29) is 10.5 Å². The van der Waals surface area contributed by atoms with Crippen molar-refractivity contribution in [1.29, 1.82) is 5.26 Å². The zero-order valence-electron chi connectivity index (χ0n) is 10.0. The van der Waals surface area contributed by atoms with E-state index in [4.69, 9.17) is 10.4 Å². The number of nitrogens with zero attached hydrogens (tertiary/aromatic N) is 1. The highest BCUT2D eigenvalue weighted by Crippen LogP contribution is 2.11. The number of carbonyl (C=O) groups excluding carboxylic acids is 1. The van der Waals surface area contributed by atoms with Crippen LogP contribution >= 0.6 is 0 Å². The molecular weight excluding hydrogens is 272 g/mol. The zero-order valence-corrected chi connectivity index (χ0v) is 10.8. The summed E-state index contributed by atoms with van der Waals surface area (Å²) >= 11 is 0. The first-order valence-electron chi connectivity index (χ1n) is 5.15. The maximum absolute atomic E-state index is 12.0. The molecular formula is C11H12N2O5S. The fourth-order valence-corrected chi connectivity index (χ4v) is 2.51. The summed E-state index contributed by atoms with van der Waals surface area (Å²) in [5.41, 5.74) is 0.168. The van der Waals surface area contributed by atoms with Gasteiger partial charge in [0.05, 0.1) is 30.2 Å². The van der Waals surface area contributed by atoms with Crippen LogP contribution in [-0.4, -0.2) is 39.3 Å². The number of hydrogen-bond donors (Lipinski definition) is 2. The molecule has 0 aliphatic rings. The van der Waals surface area contributed by atoms with Gasteiger partial charge >= 0.3 is 5.97 Å². The summed E-state index contributed by atoms with van der Waals surface area (Å²) < 4.78 is 30.3. The maximum atomic E-state index is 12.0. The van der Waals surface area contributed by atoms with E-state index in [0.29, 0.717) is 0 Å². The van der Waals surface area contributed by atoms with Gasteiger partial charge in [0.25, 0.3) is 0 Å². The van der Waals surface area contributed by atoms with Crippen LogP contribution in [0.4, 0.5) is 0 Å². The molecule has 8 heteroatoms. The van der Waals surface area contributed by atoms with Crippen molar-refractivity contribution in [3.05, 3.63) is 29.8 Å². The third-order valence-electron chi connectivity index (χ3n) is 2.24. The number of aliphatic hydroxyl groups excluding tert-OH is 1. The minimum absolute atomic E-state index is 0.168. The Morgan fingerprint density at radius 2 is 2.26 bits per heavy atom. The molecule has 0 saturated carbocycles. The van der Waals surface area contributed by atoms with Crippen molar-refractivity contribution in [3.8, 4) is 6.07 Å². The molecule has 7 nitrogen and oxygen atoms in total. The van der Waals surface area contributed by atoms with Crippen LogP contribution in [0, 0.1) is 11.3 Å². The fourth-order valence-electron chi connectivity index (χ4n) is 1.29. The number of rotatable bonds is 5. The standard InChI is InChI=1S/C11H12N2O5S/c1-18-11(15)10(7-14)13-19(16,17)9-4-2-3-8(5-9)6-12/h2-5,10,13-14H,7H2,1H3. The van der Waals surface area contributed by atoms with E-state index >= 15 is 0 Å². The normalized spacial score (nSPS) is 12.5. The van der Waals surface area contributed by atoms with Crippen LogP contribution in [0.2, 0.25) is 0 Å². The third-order valence-corrected chi connectivity index (χ3v) is 3.71. The van der Waals surface area contributed by atoms with Crippen LogP contribution in [0.15, 0.2) is 29.2 Å². The van der Waals surface area contributed by atoms with E-state index in [0.717, 1.165) is 13.2 Å². The van der Waals surface area contributed by atoms with E-state index in [2.05, 4.69) is 4.74 Å². The number of ether oxygens (including phenoxy) is 1. The Labute approximate surface area is 110 Å². The lowest BCUT2D eigenvalue weighted by molar-refractivity contribution is -0.143. The fraction of sp³-hybridized carbons (Fsp3) is 0.273. The second-order valence-electron chi connectivity index (χ2n) is 3.52. The van der Waals surface area contributed by atoms with Crippen LogP contribution in [0.1, 0.15) is 5.56 Å². The summed E-state index contributed by atoms with van der Waals surface area (Å²) in [5, 5.41) is 17.7. The van der Waals surface area contributed by atoms with Crippen LogP contribution < -0.4 is 4.72 Å². The van der Waals surface area contributed by atoms with E-state index in [1.165, 1.54) is 18.2 Å². The Hall–Kier alpha value is -1.95. The predicted octanol–water partition coefficient (Wildman–Crippen LogP) is -0.630. The largest absolute Gasteiger partial charge is 0.468 e. The topological polar surface area (TPSA) is 116 Å². The molecule has 19 heavy (non-hydrogen) atoms. The van der Waals surface area contributed by atoms with Gasteiger partial charge in [-0.1, -0.05) is 6.07 Å². The molecule has 0 radical (unpaired) electrons. The molecule has 1 rings (SSSR count). The molecule has 2 N–H and O–H groups in total. The predicted molar refractivity (Wildman–Crippen MR) is 64.4 cm³/mol. The van der Waals surface area contributed by atoms with Gasteiger partial charge in [0, 0.05) is 0 Å². The Bertz CT molecular complexity index is 606. The van der Waals surface area contributed by atoms with E-state index in [1.807, 2.05) is 10.8 Å². The summed E-state index contributed by atoms with van der Waals surface area (Å²) in [4.78, 5) is 11.0. The van der Waals surface area contributed by atoms with Gasteiger partial charge in [-0.25, -0.2) is 8.42 Å². The molecule has 1 aromatic rings. The average molecular weight is 284 g/mol. The molecule has 0 amide bonds. The molecule has 1 unspecified atom stereocenters. The van der Waals surface area contributed by atoms with E-state index < -0.39 is 28.6 Å². The Morgan fingerprint density at radius 1 is 1.58 bits per heavy atom. The minimum atomic E-state index is -4.02. The van der Waals surface area contributed by atoms with Crippen molar-refractivity contribution in [2.45, 2.75) is 10.9 Å². The van der Waals surface area contributed by atoms with Crippen LogP contribution in [0.3, 0.4) is 0 Å². The summed E-state index contributed by atoms with van der Waals surface area (Å²) in [6, 6.07) is 5.70. The number of carbonyl (C=O) groups is 1. The van der Waals surface area contributed by atoms with Gasteiger partial charge in [0.1, 0.15) is 6.04 Å². The number of sulfonamides is 1. The zero-order chi connectivity index (χ0) is 14.5. The first-order chi connectivity index (χ1) is 8.94.